The molecule has 0 unspecified atom stereocenters. The molecular weight excluding hydrogens is 381 g/mol. The smallest absolute Gasteiger partial charge is 0.186 e. The summed E-state index contributed by atoms with van der Waals surface area (Å²) in [6.07, 6.45) is 1.61. The summed E-state index contributed by atoms with van der Waals surface area (Å²) in [5.41, 5.74) is 4.32. The lowest BCUT2D eigenvalue weighted by Crippen LogP contribution is -2.28. The fourth-order valence-electron chi connectivity index (χ4n) is 1.95. The molecular formula is C17H17Cl2N3O2S. The highest BCUT2D eigenvalue weighted by atomic mass is 35.5. The summed E-state index contributed by atoms with van der Waals surface area (Å²) in [4.78, 5) is 0. The average molecular weight is 398 g/mol. The molecule has 0 saturated carbocycles. The van der Waals surface area contributed by atoms with Gasteiger partial charge in [-0.05, 0) is 42.0 Å². The van der Waals surface area contributed by atoms with Gasteiger partial charge in [-0.3, -0.25) is 5.43 Å². The molecule has 0 atom stereocenters. The van der Waals surface area contributed by atoms with E-state index in [0.29, 0.717) is 33.3 Å². The van der Waals surface area contributed by atoms with Gasteiger partial charge in [0.25, 0.3) is 0 Å². The summed E-state index contributed by atoms with van der Waals surface area (Å²) in [5, 5.41) is 8.25. The van der Waals surface area contributed by atoms with Crippen LogP contribution in [0.1, 0.15) is 11.1 Å². The third kappa shape index (κ3) is 5.49. The Balaban J connectivity index is 2.19. The van der Waals surface area contributed by atoms with E-state index in [0.717, 1.165) is 11.1 Å². The summed E-state index contributed by atoms with van der Waals surface area (Å²) < 4.78 is 11.3. The zero-order chi connectivity index (χ0) is 18.2. The van der Waals surface area contributed by atoms with Crippen molar-refractivity contribution < 1.29 is 9.47 Å². The van der Waals surface area contributed by atoms with Crippen molar-refractivity contribution in [2.45, 2.75) is 6.61 Å². The van der Waals surface area contributed by atoms with Gasteiger partial charge in [-0.2, -0.15) is 5.10 Å². The van der Waals surface area contributed by atoms with Crippen LogP contribution in [0.25, 0.3) is 0 Å². The first-order valence-corrected chi connectivity index (χ1v) is 8.46. The quantitative estimate of drug-likeness (QED) is 0.438. The van der Waals surface area contributed by atoms with Crippen molar-refractivity contribution in [3.8, 4) is 11.5 Å². The van der Waals surface area contributed by atoms with Gasteiger partial charge in [0.2, 0.25) is 0 Å². The molecule has 0 heterocycles. The Morgan fingerprint density at radius 3 is 2.72 bits per heavy atom. The second-order valence-corrected chi connectivity index (χ2v) is 6.09. The van der Waals surface area contributed by atoms with E-state index in [1.807, 2.05) is 24.3 Å². The molecule has 0 spiro atoms. The summed E-state index contributed by atoms with van der Waals surface area (Å²) in [5.74, 6) is 1.16. The summed E-state index contributed by atoms with van der Waals surface area (Å²) in [7, 11) is 3.29. The Bertz CT molecular complexity index is 784. The second-order valence-electron chi connectivity index (χ2n) is 4.86. The van der Waals surface area contributed by atoms with Crippen molar-refractivity contribution in [2.24, 2.45) is 5.10 Å². The lowest BCUT2D eigenvalue weighted by atomic mass is 10.2. The molecule has 0 fully saturated rings. The SMILES string of the molecule is CNC(=S)N/N=C/c1cccc(OC)c1OCc1ccc(Cl)c(Cl)c1. The number of nitrogens with one attached hydrogen (secondary N) is 2. The standard InChI is InChI=1S/C17H17Cl2N3O2S/c1-20-17(25)22-21-9-12-4-3-5-15(23-2)16(12)24-10-11-6-7-13(18)14(19)8-11/h3-9H,10H2,1-2H3,(H2,20,22,25)/b21-9+. The highest BCUT2D eigenvalue weighted by Gasteiger charge is 2.10. The van der Waals surface area contributed by atoms with E-state index in [-0.39, 0.29) is 0 Å². The average Bonchev–Trinajstić information content (AvgIpc) is 2.62. The summed E-state index contributed by atoms with van der Waals surface area (Å²) in [6.45, 7) is 0.306. The van der Waals surface area contributed by atoms with Gasteiger partial charge < -0.3 is 14.8 Å². The Morgan fingerprint density at radius 2 is 2.04 bits per heavy atom. The number of halogens is 2. The minimum atomic E-state index is 0.306. The van der Waals surface area contributed by atoms with Gasteiger partial charge in [0.05, 0.1) is 23.4 Å². The molecule has 0 radical (unpaired) electrons. The Morgan fingerprint density at radius 1 is 1.24 bits per heavy atom. The topological polar surface area (TPSA) is 54.9 Å². The molecule has 8 heteroatoms. The van der Waals surface area contributed by atoms with Crippen molar-refractivity contribution in [3.63, 3.8) is 0 Å². The van der Waals surface area contributed by atoms with E-state index in [2.05, 4.69) is 15.8 Å². The van der Waals surface area contributed by atoms with Gasteiger partial charge in [-0.25, -0.2) is 0 Å². The van der Waals surface area contributed by atoms with Crippen molar-refractivity contribution >= 4 is 46.7 Å². The van der Waals surface area contributed by atoms with Crippen LogP contribution in [0.3, 0.4) is 0 Å². The van der Waals surface area contributed by atoms with Gasteiger partial charge in [0, 0.05) is 12.6 Å². The van der Waals surface area contributed by atoms with Crippen LogP contribution in [-0.2, 0) is 6.61 Å². The van der Waals surface area contributed by atoms with E-state index >= 15 is 0 Å². The molecule has 0 bridgehead atoms. The lowest BCUT2D eigenvalue weighted by molar-refractivity contribution is 0.284. The molecule has 0 aliphatic carbocycles. The first-order valence-electron chi connectivity index (χ1n) is 7.29. The number of rotatable bonds is 6. The molecule has 5 nitrogen and oxygen atoms in total. The molecule has 2 aromatic rings. The molecule has 0 aliphatic heterocycles. The zero-order valence-corrected chi connectivity index (χ0v) is 16.0. The number of ether oxygens (including phenoxy) is 2. The molecule has 2 N–H and O–H groups in total. The fourth-order valence-corrected chi connectivity index (χ4v) is 2.32. The van der Waals surface area contributed by atoms with Crippen LogP contribution in [-0.4, -0.2) is 25.5 Å². The van der Waals surface area contributed by atoms with E-state index < -0.39 is 0 Å². The fraction of sp³-hybridized carbons (Fsp3) is 0.176. The number of benzene rings is 2. The number of hydrogen-bond donors (Lipinski definition) is 2. The Labute approximate surface area is 161 Å². The van der Waals surface area contributed by atoms with Crippen LogP contribution in [0, 0.1) is 0 Å². The largest absolute Gasteiger partial charge is 0.493 e. The molecule has 0 aromatic heterocycles. The summed E-state index contributed by atoms with van der Waals surface area (Å²) >= 11 is 16.9. The van der Waals surface area contributed by atoms with Gasteiger partial charge in [-0.15, -0.1) is 0 Å². The van der Waals surface area contributed by atoms with Crippen LogP contribution in [0.5, 0.6) is 11.5 Å². The molecule has 0 amide bonds. The monoisotopic (exact) mass is 397 g/mol. The predicted octanol–water partition coefficient (Wildman–Crippen LogP) is 4.01. The van der Waals surface area contributed by atoms with E-state index in [4.69, 9.17) is 44.9 Å². The normalized spacial score (nSPS) is 10.6. The van der Waals surface area contributed by atoms with Crippen LogP contribution in [0.2, 0.25) is 10.0 Å². The third-order valence-electron chi connectivity index (χ3n) is 3.19. The third-order valence-corrected chi connectivity index (χ3v) is 4.23. The number of hydrazone groups is 1. The van der Waals surface area contributed by atoms with E-state index in [1.54, 1.807) is 32.5 Å². The zero-order valence-electron chi connectivity index (χ0n) is 13.7. The molecule has 0 saturated heterocycles. The lowest BCUT2D eigenvalue weighted by Gasteiger charge is -2.13. The number of methoxy groups -OCH3 is 1. The van der Waals surface area contributed by atoms with Crippen LogP contribution >= 0.6 is 35.4 Å². The van der Waals surface area contributed by atoms with Crippen molar-refractivity contribution in [1.29, 1.82) is 0 Å². The number of thiocarbonyl (C=S) groups is 1. The van der Waals surface area contributed by atoms with Crippen LogP contribution in [0.4, 0.5) is 0 Å². The maximum atomic E-state index is 6.04. The second kappa shape index (κ2) is 9.46. The van der Waals surface area contributed by atoms with Gasteiger partial charge in [-0.1, -0.05) is 35.3 Å². The molecule has 2 aromatic carbocycles. The highest BCUT2D eigenvalue weighted by Crippen LogP contribution is 2.31. The molecule has 132 valence electrons. The highest BCUT2D eigenvalue weighted by molar-refractivity contribution is 7.80. The van der Waals surface area contributed by atoms with Gasteiger partial charge >= 0.3 is 0 Å². The maximum Gasteiger partial charge on any atom is 0.186 e. The first-order chi connectivity index (χ1) is 12.0. The van der Waals surface area contributed by atoms with Gasteiger partial charge in [0.15, 0.2) is 16.6 Å². The van der Waals surface area contributed by atoms with E-state index in [9.17, 15) is 0 Å². The Hall–Kier alpha value is -2.02. The first kappa shape index (κ1) is 19.3. The number of para-hydroxylation sites is 1. The number of nitrogens with zero attached hydrogens (tertiary/aromatic N) is 1. The summed E-state index contributed by atoms with van der Waals surface area (Å²) in [6, 6.07) is 10.9. The van der Waals surface area contributed by atoms with E-state index in [1.165, 1.54) is 0 Å². The van der Waals surface area contributed by atoms with Crippen LogP contribution < -0.4 is 20.2 Å². The van der Waals surface area contributed by atoms with Crippen molar-refractivity contribution in [3.05, 3.63) is 57.6 Å². The predicted molar refractivity (Wildman–Crippen MR) is 106 cm³/mol. The maximum absolute atomic E-state index is 6.04. The minimum absolute atomic E-state index is 0.306. The molecule has 25 heavy (non-hydrogen) atoms. The minimum Gasteiger partial charge on any atom is -0.493 e. The Kier molecular flexibility index (Phi) is 7.31. The van der Waals surface area contributed by atoms with Crippen LogP contribution in [0.15, 0.2) is 41.5 Å². The van der Waals surface area contributed by atoms with Crippen molar-refractivity contribution in [2.75, 3.05) is 14.2 Å². The molecule has 0 aliphatic rings. The van der Waals surface area contributed by atoms with Gasteiger partial charge in [0.1, 0.15) is 6.61 Å². The van der Waals surface area contributed by atoms with Crippen molar-refractivity contribution in [1.82, 2.24) is 10.7 Å². The number of hydrogen-bond acceptors (Lipinski definition) is 4. The molecule has 2 rings (SSSR count).